The Morgan fingerprint density at radius 3 is 2.52 bits per heavy atom. The van der Waals surface area contributed by atoms with Crippen molar-refractivity contribution in [2.75, 3.05) is 6.61 Å². The number of hydrogen-bond acceptors (Lipinski definition) is 3. The predicted molar refractivity (Wildman–Crippen MR) is 86.6 cm³/mol. The Kier molecular flexibility index (Phi) is 5.80. The van der Waals surface area contributed by atoms with Crippen LogP contribution < -0.4 is 0 Å². The maximum atomic E-state index is 9.69. The minimum atomic E-state index is -1.51. The molecule has 1 aliphatic carbocycles. The molecule has 112 valence electrons. The van der Waals surface area contributed by atoms with E-state index in [9.17, 15) is 10.0 Å². The number of allylic oxidation sites excluding steroid dienone is 2. The maximum Gasteiger partial charge on any atom is 0.490 e. The van der Waals surface area contributed by atoms with Gasteiger partial charge >= 0.3 is 7.12 Å². The van der Waals surface area contributed by atoms with Crippen LogP contribution in [-0.2, 0) is 4.74 Å². The van der Waals surface area contributed by atoms with Gasteiger partial charge in [0.25, 0.3) is 0 Å². The summed E-state index contributed by atoms with van der Waals surface area (Å²) >= 11 is 0. The van der Waals surface area contributed by atoms with Crippen molar-refractivity contribution in [2.24, 2.45) is 0 Å². The molecule has 0 spiro atoms. The Morgan fingerprint density at radius 2 is 1.95 bits per heavy atom. The van der Waals surface area contributed by atoms with Gasteiger partial charge in [0.1, 0.15) is 5.50 Å². The largest absolute Gasteiger partial charge is 0.490 e. The lowest BCUT2D eigenvalue weighted by atomic mass is 9.63. The van der Waals surface area contributed by atoms with Crippen molar-refractivity contribution < 1.29 is 14.8 Å². The van der Waals surface area contributed by atoms with Gasteiger partial charge in [-0.2, -0.15) is 0 Å². The van der Waals surface area contributed by atoms with Crippen LogP contribution in [0.15, 0.2) is 48.6 Å². The smallest absolute Gasteiger partial charge is 0.425 e. The van der Waals surface area contributed by atoms with Crippen molar-refractivity contribution in [3.63, 3.8) is 0 Å². The summed E-state index contributed by atoms with van der Waals surface area (Å²) < 4.78 is 5.79. The van der Waals surface area contributed by atoms with Gasteiger partial charge < -0.3 is 14.8 Å². The second-order valence-corrected chi connectivity index (χ2v) is 5.45. The van der Waals surface area contributed by atoms with Gasteiger partial charge in [-0.15, -0.1) is 0 Å². The summed E-state index contributed by atoms with van der Waals surface area (Å²) in [6, 6.07) is 10.1. The van der Waals surface area contributed by atoms with E-state index in [0.29, 0.717) is 13.0 Å². The molecule has 1 aromatic rings. The molecular weight excluding hydrogens is 263 g/mol. The molecule has 0 aromatic heterocycles. The van der Waals surface area contributed by atoms with E-state index in [1.165, 1.54) is 0 Å². The third-order valence-electron chi connectivity index (χ3n) is 3.85. The number of benzene rings is 1. The van der Waals surface area contributed by atoms with Crippen molar-refractivity contribution in [1.82, 2.24) is 0 Å². The molecule has 0 bridgehead atoms. The van der Waals surface area contributed by atoms with E-state index in [2.05, 4.69) is 6.92 Å². The van der Waals surface area contributed by atoms with E-state index in [-0.39, 0.29) is 0 Å². The van der Waals surface area contributed by atoms with Crippen LogP contribution in [0.3, 0.4) is 0 Å². The van der Waals surface area contributed by atoms with Gasteiger partial charge in [-0.1, -0.05) is 68.3 Å². The Bertz CT molecular complexity index is 496. The molecule has 0 saturated heterocycles. The molecular formula is C17H23BO3. The molecule has 1 unspecified atom stereocenters. The van der Waals surface area contributed by atoms with Crippen molar-refractivity contribution in [3.05, 3.63) is 54.1 Å². The molecule has 0 amide bonds. The third kappa shape index (κ3) is 4.07. The molecule has 1 aromatic carbocycles. The van der Waals surface area contributed by atoms with E-state index in [1.807, 2.05) is 42.5 Å². The Hall–Kier alpha value is -1.36. The maximum absolute atomic E-state index is 9.69. The van der Waals surface area contributed by atoms with Crippen LogP contribution in [0.25, 0.3) is 5.57 Å². The first kappa shape index (κ1) is 16.0. The van der Waals surface area contributed by atoms with Crippen molar-refractivity contribution in [1.29, 1.82) is 0 Å². The zero-order chi connectivity index (χ0) is 15.1. The van der Waals surface area contributed by atoms with Crippen LogP contribution in [0.1, 0.15) is 38.2 Å². The first-order valence-electron chi connectivity index (χ1n) is 7.63. The molecule has 0 heterocycles. The lowest BCUT2D eigenvalue weighted by molar-refractivity contribution is 0.0247. The molecule has 1 aliphatic rings. The zero-order valence-electron chi connectivity index (χ0n) is 12.5. The van der Waals surface area contributed by atoms with Gasteiger partial charge in [0.2, 0.25) is 0 Å². The highest BCUT2D eigenvalue weighted by Gasteiger charge is 2.41. The topological polar surface area (TPSA) is 49.7 Å². The van der Waals surface area contributed by atoms with Crippen LogP contribution in [0.4, 0.5) is 0 Å². The zero-order valence-corrected chi connectivity index (χ0v) is 12.5. The lowest BCUT2D eigenvalue weighted by Gasteiger charge is -2.31. The predicted octanol–water partition coefficient (Wildman–Crippen LogP) is 2.99. The van der Waals surface area contributed by atoms with Gasteiger partial charge in [0.15, 0.2) is 0 Å². The van der Waals surface area contributed by atoms with E-state index in [0.717, 1.165) is 30.4 Å². The molecule has 4 heteroatoms. The summed E-state index contributed by atoms with van der Waals surface area (Å²) in [6.45, 7) is 2.68. The van der Waals surface area contributed by atoms with E-state index in [4.69, 9.17) is 4.74 Å². The van der Waals surface area contributed by atoms with Crippen LogP contribution in [0.2, 0.25) is 0 Å². The molecule has 3 nitrogen and oxygen atoms in total. The fraction of sp³-hybridized carbons (Fsp3) is 0.412. The van der Waals surface area contributed by atoms with Crippen molar-refractivity contribution in [2.45, 2.75) is 38.1 Å². The monoisotopic (exact) mass is 286 g/mol. The minimum Gasteiger partial charge on any atom is -0.425 e. The Balaban J connectivity index is 2.04. The third-order valence-corrected chi connectivity index (χ3v) is 3.85. The average Bonchev–Trinajstić information content (AvgIpc) is 2.53. The Labute approximate surface area is 127 Å². The first-order valence-corrected chi connectivity index (χ1v) is 7.63. The summed E-state index contributed by atoms with van der Waals surface area (Å²) in [6.07, 6.45) is 9.32. The molecule has 0 aliphatic heterocycles. The Morgan fingerprint density at radius 1 is 1.19 bits per heavy atom. The molecule has 2 rings (SSSR count). The SMILES string of the molecule is CCCCCOC1(B(O)O)C=CC(c2ccccc2)=CC1. The highest BCUT2D eigenvalue weighted by Crippen LogP contribution is 2.30. The second kappa shape index (κ2) is 7.60. The summed E-state index contributed by atoms with van der Waals surface area (Å²) in [7, 11) is -1.51. The lowest BCUT2D eigenvalue weighted by Crippen LogP contribution is -2.48. The molecule has 2 N–H and O–H groups in total. The standard InChI is InChI=1S/C17H23BO3/c1-2-3-7-14-21-17(18(19)20)12-10-16(11-13-17)15-8-5-4-6-9-15/h4-6,8-12,19-20H,2-3,7,13-14H2,1H3. The fourth-order valence-electron chi connectivity index (χ4n) is 2.47. The fourth-order valence-corrected chi connectivity index (χ4v) is 2.47. The average molecular weight is 286 g/mol. The van der Waals surface area contributed by atoms with Gasteiger partial charge in [-0.3, -0.25) is 0 Å². The molecule has 1 atom stereocenters. The van der Waals surface area contributed by atoms with Gasteiger partial charge in [-0.05, 0) is 24.0 Å². The molecule has 0 saturated carbocycles. The molecule has 21 heavy (non-hydrogen) atoms. The summed E-state index contributed by atoms with van der Waals surface area (Å²) in [5, 5.41) is 19.4. The van der Waals surface area contributed by atoms with E-state index in [1.54, 1.807) is 6.08 Å². The number of ether oxygens (including phenoxy) is 1. The number of unbranched alkanes of at least 4 members (excludes halogenated alkanes) is 2. The van der Waals surface area contributed by atoms with Crippen molar-refractivity contribution >= 4 is 12.7 Å². The number of hydrogen-bond donors (Lipinski definition) is 2. The number of rotatable bonds is 7. The van der Waals surface area contributed by atoms with Crippen LogP contribution in [0.5, 0.6) is 0 Å². The highest BCUT2D eigenvalue weighted by molar-refractivity contribution is 6.46. The normalized spacial score (nSPS) is 21.2. The first-order chi connectivity index (χ1) is 10.2. The van der Waals surface area contributed by atoms with Crippen LogP contribution >= 0.6 is 0 Å². The van der Waals surface area contributed by atoms with Crippen molar-refractivity contribution in [3.8, 4) is 0 Å². The summed E-state index contributed by atoms with van der Waals surface area (Å²) in [4.78, 5) is 0. The summed E-state index contributed by atoms with van der Waals surface area (Å²) in [5.74, 6) is 0. The minimum absolute atomic E-state index is 0.470. The van der Waals surface area contributed by atoms with E-state index >= 15 is 0 Å². The molecule has 0 fully saturated rings. The van der Waals surface area contributed by atoms with Crippen LogP contribution in [0, 0.1) is 0 Å². The van der Waals surface area contributed by atoms with E-state index < -0.39 is 12.6 Å². The van der Waals surface area contributed by atoms with Gasteiger partial charge in [-0.25, -0.2) is 0 Å². The van der Waals surface area contributed by atoms with Gasteiger partial charge in [0.05, 0.1) is 0 Å². The highest BCUT2D eigenvalue weighted by atomic mass is 16.5. The summed E-state index contributed by atoms with van der Waals surface area (Å²) in [5.41, 5.74) is 1.20. The van der Waals surface area contributed by atoms with Gasteiger partial charge in [0, 0.05) is 6.61 Å². The van der Waals surface area contributed by atoms with Crippen LogP contribution in [-0.4, -0.2) is 29.3 Å². The second-order valence-electron chi connectivity index (χ2n) is 5.45. The quantitative estimate of drug-likeness (QED) is 0.598. The molecule has 0 radical (unpaired) electrons.